The topological polar surface area (TPSA) is 80.7 Å². The molecule has 0 unspecified atom stereocenters. The van der Waals surface area contributed by atoms with Gasteiger partial charge in [-0.2, -0.15) is 13.2 Å². The lowest BCUT2D eigenvalue weighted by Crippen LogP contribution is -2.26. The number of pyridine rings is 2. The first-order valence-electron chi connectivity index (χ1n) is 10.5. The number of Topliss-reactive ketones (excluding diaryl/α,β-unsaturated/α-hetero) is 1. The Morgan fingerprint density at radius 3 is 2.29 bits per heavy atom. The van der Waals surface area contributed by atoms with Gasteiger partial charge in [0, 0.05) is 17.3 Å². The average molecular weight is 465 g/mol. The third-order valence-electron chi connectivity index (χ3n) is 5.78. The van der Waals surface area contributed by atoms with E-state index in [1.165, 1.54) is 18.3 Å². The summed E-state index contributed by atoms with van der Waals surface area (Å²) >= 11 is 0. The van der Waals surface area contributed by atoms with Crippen molar-refractivity contribution in [3.8, 4) is 11.4 Å². The highest BCUT2D eigenvalue weighted by molar-refractivity contribution is 5.90. The molecule has 3 heterocycles. The van der Waals surface area contributed by atoms with Crippen LogP contribution in [0.2, 0.25) is 0 Å². The third kappa shape index (κ3) is 4.46. The highest BCUT2D eigenvalue weighted by Crippen LogP contribution is 2.36. The lowest BCUT2D eigenvalue weighted by molar-refractivity contribution is -0.137. The van der Waals surface area contributed by atoms with E-state index < -0.39 is 17.2 Å². The molecule has 0 aliphatic rings. The fourth-order valence-electron chi connectivity index (χ4n) is 3.49. The zero-order valence-corrected chi connectivity index (χ0v) is 19.0. The van der Waals surface area contributed by atoms with Crippen LogP contribution in [0.15, 0.2) is 54.7 Å². The molecule has 0 saturated heterocycles. The maximum absolute atomic E-state index is 13.4. The molecule has 1 N–H and O–H groups in total. The molecule has 3 aromatic heterocycles. The van der Waals surface area contributed by atoms with Crippen molar-refractivity contribution in [1.29, 1.82) is 0 Å². The van der Waals surface area contributed by atoms with Gasteiger partial charge in [0.2, 0.25) is 0 Å². The van der Waals surface area contributed by atoms with Gasteiger partial charge in [-0.25, -0.2) is 15.0 Å². The van der Waals surface area contributed by atoms with Gasteiger partial charge in [-0.3, -0.25) is 9.78 Å². The van der Waals surface area contributed by atoms with E-state index in [9.17, 15) is 18.0 Å². The number of ketones is 1. The molecule has 0 aliphatic carbocycles. The molecule has 4 aromatic rings. The molecule has 0 atom stereocenters. The van der Waals surface area contributed by atoms with Crippen molar-refractivity contribution in [2.75, 3.05) is 5.32 Å². The Hall–Kier alpha value is -3.88. The van der Waals surface area contributed by atoms with Gasteiger partial charge in [-0.15, -0.1) is 0 Å². The van der Waals surface area contributed by atoms with Crippen molar-refractivity contribution >= 4 is 28.3 Å². The van der Waals surface area contributed by atoms with Crippen LogP contribution in [0.5, 0.6) is 0 Å². The number of fused-ring (bicyclic) bond motifs is 1. The van der Waals surface area contributed by atoms with Crippen LogP contribution in [0.1, 0.15) is 37.7 Å². The normalized spacial score (nSPS) is 12.1. The second kappa shape index (κ2) is 8.48. The Morgan fingerprint density at radius 2 is 1.65 bits per heavy atom. The Balaban J connectivity index is 1.72. The van der Waals surface area contributed by atoms with E-state index >= 15 is 0 Å². The number of hydrogen-bond acceptors (Lipinski definition) is 6. The van der Waals surface area contributed by atoms with Crippen molar-refractivity contribution < 1.29 is 18.0 Å². The van der Waals surface area contributed by atoms with Crippen molar-refractivity contribution in [1.82, 2.24) is 19.9 Å². The standard InChI is InChI=1S/C25H22F3N5O/c1-14(34)24(3,4)16-7-9-17(10-8-16)32-22-18-11-12-20(33-23(18)31-15(2)30-22)21-19(25(26,27)28)6-5-13-29-21/h5-13H,1-4H3,(H,30,31,32,33). The lowest BCUT2D eigenvalue weighted by Gasteiger charge is -2.22. The molecular weight excluding hydrogens is 443 g/mol. The number of carbonyl (C=O) groups is 1. The summed E-state index contributed by atoms with van der Waals surface area (Å²) in [5, 5.41) is 3.77. The number of carbonyl (C=O) groups excluding carboxylic acids is 1. The van der Waals surface area contributed by atoms with Crippen molar-refractivity contribution in [2.24, 2.45) is 0 Å². The number of rotatable bonds is 5. The fraction of sp³-hybridized carbons (Fsp3) is 0.240. The first kappa shape index (κ1) is 23.3. The lowest BCUT2D eigenvalue weighted by atomic mass is 9.81. The predicted molar refractivity (Wildman–Crippen MR) is 124 cm³/mol. The average Bonchev–Trinajstić information content (AvgIpc) is 2.78. The van der Waals surface area contributed by atoms with E-state index in [2.05, 4.69) is 25.3 Å². The second-order valence-corrected chi connectivity index (χ2v) is 8.47. The summed E-state index contributed by atoms with van der Waals surface area (Å²) in [5.74, 6) is 0.942. The minimum Gasteiger partial charge on any atom is -0.340 e. The molecule has 0 saturated carbocycles. The van der Waals surface area contributed by atoms with Crippen LogP contribution in [-0.4, -0.2) is 25.7 Å². The van der Waals surface area contributed by atoms with E-state index in [0.29, 0.717) is 17.0 Å². The quantitative estimate of drug-likeness (QED) is 0.388. The van der Waals surface area contributed by atoms with Gasteiger partial charge in [0.05, 0.1) is 16.6 Å². The fourth-order valence-corrected chi connectivity index (χ4v) is 3.49. The van der Waals surface area contributed by atoms with Crippen LogP contribution in [0.4, 0.5) is 24.7 Å². The minimum atomic E-state index is -4.56. The Morgan fingerprint density at radius 1 is 0.941 bits per heavy atom. The van der Waals surface area contributed by atoms with Crippen LogP contribution in [-0.2, 0) is 16.4 Å². The first-order valence-corrected chi connectivity index (χ1v) is 10.5. The monoisotopic (exact) mass is 465 g/mol. The zero-order valence-electron chi connectivity index (χ0n) is 19.0. The number of nitrogens with zero attached hydrogens (tertiary/aromatic N) is 4. The van der Waals surface area contributed by atoms with E-state index in [4.69, 9.17) is 0 Å². The van der Waals surface area contributed by atoms with Gasteiger partial charge in [0.1, 0.15) is 23.1 Å². The largest absolute Gasteiger partial charge is 0.418 e. The van der Waals surface area contributed by atoms with E-state index in [0.717, 1.165) is 17.3 Å². The SMILES string of the molecule is CC(=O)C(C)(C)c1ccc(Nc2nc(C)nc3nc(-c4ncccc4C(F)(F)F)ccc23)cc1. The van der Waals surface area contributed by atoms with Crippen molar-refractivity contribution in [3.05, 3.63) is 71.7 Å². The van der Waals surface area contributed by atoms with Crippen LogP contribution in [0.25, 0.3) is 22.4 Å². The van der Waals surface area contributed by atoms with Gasteiger partial charge in [-0.1, -0.05) is 12.1 Å². The summed E-state index contributed by atoms with van der Waals surface area (Å²) in [4.78, 5) is 28.9. The summed E-state index contributed by atoms with van der Waals surface area (Å²) in [5.41, 5.74) is 0.219. The van der Waals surface area contributed by atoms with Gasteiger partial charge in [0.15, 0.2) is 5.65 Å². The number of alkyl halides is 3. The number of nitrogens with one attached hydrogen (secondary N) is 1. The molecular formula is C25H22F3N5O. The molecule has 6 nitrogen and oxygen atoms in total. The maximum atomic E-state index is 13.4. The molecule has 0 bridgehead atoms. The molecule has 0 fully saturated rings. The smallest absolute Gasteiger partial charge is 0.340 e. The molecule has 0 amide bonds. The van der Waals surface area contributed by atoms with Crippen LogP contribution in [0, 0.1) is 6.92 Å². The van der Waals surface area contributed by atoms with Gasteiger partial charge < -0.3 is 5.32 Å². The third-order valence-corrected chi connectivity index (χ3v) is 5.78. The van der Waals surface area contributed by atoms with Crippen LogP contribution < -0.4 is 5.32 Å². The van der Waals surface area contributed by atoms with Crippen molar-refractivity contribution in [2.45, 2.75) is 39.3 Å². The summed E-state index contributed by atoms with van der Waals surface area (Å²) in [6.45, 7) is 6.98. The van der Waals surface area contributed by atoms with E-state index in [1.807, 2.05) is 38.1 Å². The molecule has 0 radical (unpaired) electrons. The number of halogens is 3. The second-order valence-electron chi connectivity index (χ2n) is 8.47. The summed E-state index contributed by atoms with van der Waals surface area (Å²) in [6, 6.07) is 12.7. The van der Waals surface area contributed by atoms with Gasteiger partial charge in [-0.05, 0) is 69.7 Å². The molecule has 0 aliphatic heterocycles. The number of aromatic nitrogens is 4. The zero-order chi connectivity index (χ0) is 24.7. The van der Waals surface area contributed by atoms with E-state index in [1.54, 1.807) is 19.9 Å². The number of aryl methyl sites for hydroxylation is 1. The highest BCUT2D eigenvalue weighted by atomic mass is 19.4. The van der Waals surface area contributed by atoms with Crippen LogP contribution in [0.3, 0.4) is 0 Å². The van der Waals surface area contributed by atoms with Gasteiger partial charge in [0.25, 0.3) is 0 Å². The number of benzene rings is 1. The maximum Gasteiger partial charge on any atom is 0.418 e. The summed E-state index contributed by atoms with van der Waals surface area (Å²) in [7, 11) is 0. The number of anilines is 2. The molecule has 9 heteroatoms. The molecule has 0 spiro atoms. The number of hydrogen-bond donors (Lipinski definition) is 1. The van der Waals surface area contributed by atoms with E-state index in [-0.39, 0.29) is 22.8 Å². The molecule has 174 valence electrons. The predicted octanol–water partition coefficient (Wildman–Crippen LogP) is 6.02. The first-order chi connectivity index (χ1) is 16.0. The molecule has 4 rings (SSSR count). The van der Waals surface area contributed by atoms with Gasteiger partial charge >= 0.3 is 6.18 Å². The molecule has 1 aromatic carbocycles. The summed E-state index contributed by atoms with van der Waals surface area (Å²) < 4.78 is 40.3. The van der Waals surface area contributed by atoms with Crippen molar-refractivity contribution in [3.63, 3.8) is 0 Å². The van der Waals surface area contributed by atoms with Crippen LogP contribution >= 0.6 is 0 Å². The Kier molecular flexibility index (Phi) is 5.80. The highest BCUT2D eigenvalue weighted by Gasteiger charge is 2.34. The minimum absolute atomic E-state index is 0.0640. The summed E-state index contributed by atoms with van der Waals surface area (Å²) in [6.07, 6.45) is -3.26. The Labute approximate surface area is 194 Å². The molecule has 34 heavy (non-hydrogen) atoms. The Bertz CT molecular complexity index is 1380.